The Morgan fingerprint density at radius 2 is 0.774 bits per heavy atom. The number of hydrogen-bond acceptors (Lipinski definition) is 5. The third-order valence-corrected chi connectivity index (χ3v) is 11.7. The largest absolute Gasteiger partial charge is 0.451 e. The predicted molar refractivity (Wildman–Crippen MR) is 116 cm³/mol. The summed E-state index contributed by atoms with van der Waals surface area (Å²) < 4.78 is 6.72. The molecule has 0 spiro atoms. The van der Waals surface area contributed by atoms with E-state index < -0.39 is 18.1 Å². The molecular formula is C20H32N4O5Si2. The van der Waals surface area contributed by atoms with Gasteiger partial charge in [0.25, 0.3) is 0 Å². The third kappa shape index (κ3) is 5.75. The Bertz CT molecular complexity index is 610. The lowest BCUT2D eigenvalue weighted by atomic mass is 10.4. The van der Waals surface area contributed by atoms with Crippen LogP contribution in [-0.4, -0.2) is 112 Å². The Hall–Kier alpha value is -1.73. The van der Waals surface area contributed by atoms with Gasteiger partial charge in [-0.15, -0.1) is 0 Å². The molecular weight excluding hydrogens is 432 g/mol. The molecule has 0 unspecified atom stereocenters. The van der Waals surface area contributed by atoms with E-state index >= 15 is 0 Å². The second-order valence-corrected chi connectivity index (χ2v) is 13.1. The molecule has 4 aliphatic rings. The summed E-state index contributed by atoms with van der Waals surface area (Å²) >= 11 is 0. The van der Waals surface area contributed by atoms with E-state index in [4.69, 9.17) is 4.12 Å². The van der Waals surface area contributed by atoms with Crippen molar-refractivity contribution >= 4 is 41.7 Å². The van der Waals surface area contributed by atoms with Crippen LogP contribution in [0.4, 0.5) is 0 Å². The maximum absolute atomic E-state index is 12.2. The molecule has 0 aliphatic carbocycles. The molecule has 0 aromatic carbocycles. The molecule has 11 heteroatoms. The normalized spacial score (nSPS) is 22.5. The number of hydrogen-bond donors (Lipinski definition) is 0. The third-order valence-electron chi connectivity index (χ3n) is 6.44. The molecule has 170 valence electrons. The Kier molecular flexibility index (Phi) is 7.44. The average molecular weight is 465 g/mol. The van der Waals surface area contributed by atoms with Crippen molar-refractivity contribution in [2.75, 3.05) is 50.9 Å². The van der Waals surface area contributed by atoms with Crippen LogP contribution >= 0.6 is 0 Å². The Morgan fingerprint density at radius 1 is 0.516 bits per heavy atom. The first-order chi connectivity index (χ1) is 15.0. The molecule has 9 nitrogen and oxygen atoms in total. The summed E-state index contributed by atoms with van der Waals surface area (Å²) in [6.07, 6.45) is 8.12. The Morgan fingerprint density at radius 3 is 0.968 bits per heavy atom. The zero-order valence-electron chi connectivity index (χ0n) is 18.1. The molecule has 4 saturated heterocycles. The van der Waals surface area contributed by atoms with Gasteiger partial charge in [-0.25, -0.2) is 0 Å². The maximum Gasteiger partial charge on any atom is 0.240 e. The minimum absolute atomic E-state index is 0.164. The zero-order valence-corrected chi connectivity index (χ0v) is 20.1. The standard InChI is InChI=1S/C20H32N4O5Si2/c25-17-5-1-9-21(17)13-30(14-22-10-2-6-18(22)26)29-31(15-23-11-3-7-19(23)27)16-24-12-4-8-20(24)28/h1-16H2. The van der Waals surface area contributed by atoms with Gasteiger partial charge in [-0.05, 0) is 25.7 Å². The van der Waals surface area contributed by atoms with Crippen molar-refractivity contribution in [3.8, 4) is 0 Å². The molecule has 4 amide bonds. The first-order valence-electron chi connectivity index (χ1n) is 11.5. The number of carbonyl (C=O) groups is 4. The summed E-state index contributed by atoms with van der Waals surface area (Å²) in [4.78, 5) is 56.5. The topological polar surface area (TPSA) is 90.5 Å². The van der Waals surface area contributed by atoms with Gasteiger partial charge in [0.1, 0.15) is 0 Å². The molecule has 0 bridgehead atoms. The van der Waals surface area contributed by atoms with E-state index in [-0.39, 0.29) is 23.6 Å². The van der Waals surface area contributed by atoms with Crippen molar-refractivity contribution in [3.05, 3.63) is 0 Å². The molecule has 0 aromatic rings. The molecule has 0 atom stereocenters. The number of nitrogens with zero attached hydrogens (tertiary/aromatic N) is 4. The van der Waals surface area contributed by atoms with Crippen LogP contribution in [0.5, 0.6) is 0 Å². The lowest BCUT2D eigenvalue weighted by Crippen LogP contribution is -2.54. The molecule has 4 aliphatic heterocycles. The minimum Gasteiger partial charge on any atom is -0.451 e. The van der Waals surface area contributed by atoms with Crippen molar-refractivity contribution in [1.82, 2.24) is 19.6 Å². The monoisotopic (exact) mass is 464 g/mol. The van der Waals surface area contributed by atoms with Gasteiger partial charge in [-0.3, -0.25) is 19.2 Å². The summed E-state index contributed by atoms with van der Waals surface area (Å²) in [5.41, 5.74) is 0. The van der Waals surface area contributed by atoms with Crippen LogP contribution < -0.4 is 0 Å². The van der Waals surface area contributed by atoms with Crippen molar-refractivity contribution in [3.63, 3.8) is 0 Å². The highest BCUT2D eigenvalue weighted by Gasteiger charge is 2.36. The van der Waals surface area contributed by atoms with Crippen LogP contribution in [0, 0.1) is 0 Å². The fourth-order valence-corrected chi connectivity index (χ4v) is 10.7. The average Bonchev–Trinajstić information content (AvgIpc) is 3.51. The summed E-state index contributed by atoms with van der Waals surface area (Å²) in [5, 5.41) is 0. The summed E-state index contributed by atoms with van der Waals surface area (Å²) in [6, 6.07) is 0. The van der Waals surface area contributed by atoms with E-state index in [2.05, 4.69) is 0 Å². The van der Waals surface area contributed by atoms with Gasteiger partial charge >= 0.3 is 0 Å². The van der Waals surface area contributed by atoms with Gasteiger partial charge in [0.15, 0.2) is 0 Å². The van der Waals surface area contributed by atoms with Crippen LogP contribution in [0.15, 0.2) is 0 Å². The number of likely N-dealkylation sites (tertiary alicyclic amines) is 4. The van der Waals surface area contributed by atoms with Crippen molar-refractivity contribution in [1.29, 1.82) is 0 Å². The van der Waals surface area contributed by atoms with Crippen molar-refractivity contribution < 1.29 is 23.3 Å². The van der Waals surface area contributed by atoms with E-state index in [0.717, 1.165) is 51.9 Å². The first-order valence-corrected chi connectivity index (χ1v) is 15.1. The molecule has 2 radical (unpaired) electrons. The van der Waals surface area contributed by atoms with Crippen LogP contribution in [0.1, 0.15) is 51.4 Å². The van der Waals surface area contributed by atoms with E-state index in [9.17, 15) is 19.2 Å². The fourth-order valence-electron chi connectivity index (χ4n) is 4.77. The molecule has 0 N–H and O–H groups in total. The van der Waals surface area contributed by atoms with Gasteiger partial charge in [0.2, 0.25) is 41.7 Å². The minimum atomic E-state index is -1.51. The lowest BCUT2D eigenvalue weighted by Gasteiger charge is -2.32. The molecule has 4 heterocycles. The highest BCUT2D eigenvalue weighted by molar-refractivity contribution is 6.67. The van der Waals surface area contributed by atoms with E-state index in [0.29, 0.717) is 50.4 Å². The van der Waals surface area contributed by atoms with Gasteiger partial charge in [0, 0.05) is 76.5 Å². The van der Waals surface area contributed by atoms with E-state index in [1.807, 2.05) is 19.6 Å². The summed E-state index contributed by atoms with van der Waals surface area (Å²) in [5.74, 6) is 0.656. The first kappa shape index (κ1) is 22.5. The second kappa shape index (κ2) is 10.3. The quantitative estimate of drug-likeness (QED) is 0.412. The predicted octanol–water partition coefficient (Wildman–Crippen LogP) is -0.368. The molecule has 0 saturated carbocycles. The van der Waals surface area contributed by atoms with Crippen LogP contribution in [0.3, 0.4) is 0 Å². The molecule has 31 heavy (non-hydrogen) atoms. The smallest absolute Gasteiger partial charge is 0.240 e. The summed E-state index contributed by atoms with van der Waals surface area (Å²) in [7, 11) is -3.02. The van der Waals surface area contributed by atoms with Gasteiger partial charge < -0.3 is 23.7 Å². The van der Waals surface area contributed by atoms with Crippen LogP contribution in [-0.2, 0) is 23.3 Å². The second-order valence-electron chi connectivity index (χ2n) is 8.85. The van der Waals surface area contributed by atoms with E-state index in [1.165, 1.54) is 0 Å². The molecule has 4 rings (SSSR count). The van der Waals surface area contributed by atoms with E-state index in [1.54, 1.807) is 0 Å². The van der Waals surface area contributed by atoms with Gasteiger partial charge in [0.05, 0.1) is 0 Å². The fraction of sp³-hybridized carbons (Fsp3) is 0.800. The highest BCUT2D eigenvalue weighted by atomic mass is 28.4. The van der Waals surface area contributed by atoms with Crippen LogP contribution in [0.2, 0.25) is 0 Å². The SMILES string of the molecule is O=C1CCCN1C[Si](CN1CCCC1=O)O[Si](CN1CCCC1=O)CN1CCCC1=O. The van der Waals surface area contributed by atoms with Crippen molar-refractivity contribution in [2.45, 2.75) is 51.4 Å². The zero-order chi connectivity index (χ0) is 21.8. The number of rotatable bonds is 10. The molecule has 4 fully saturated rings. The number of amides is 4. The maximum atomic E-state index is 12.2. The highest BCUT2D eigenvalue weighted by Crippen LogP contribution is 2.17. The Balaban J connectivity index is 1.46. The lowest BCUT2D eigenvalue weighted by molar-refractivity contribution is -0.128. The Labute approximate surface area is 187 Å². The number of carbonyl (C=O) groups excluding carboxylic acids is 4. The van der Waals surface area contributed by atoms with Gasteiger partial charge in [-0.1, -0.05) is 0 Å². The summed E-state index contributed by atoms with van der Waals surface area (Å²) in [6.45, 7) is 3.01. The van der Waals surface area contributed by atoms with Crippen LogP contribution in [0.25, 0.3) is 0 Å². The molecule has 0 aromatic heterocycles. The van der Waals surface area contributed by atoms with Crippen molar-refractivity contribution in [2.24, 2.45) is 0 Å². The van der Waals surface area contributed by atoms with Gasteiger partial charge in [-0.2, -0.15) is 0 Å².